The molecule has 9 heteroatoms. The fraction of sp³-hybridized carbons (Fsp3) is 0.529. The van der Waals surface area contributed by atoms with Crippen molar-refractivity contribution in [1.29, 1.82) is 0 Å². The summed E-state index contributed by atoms with van der Waals surface area (Å²) in [6, 6.07) is 5.65. The van der Waals surface area contributed by atoms with Crippen LogP contribution in [0.15, 0.2) is 29.2 Å². The van der Waals surface area contributed by atoms with Crippen LogP contribution in [0.4, 0.5) is 0 Å². The summed E-state index contributed by atoms with van der Waals surface area (Å²) in [6.07, 6.45) is 0. The number of sulfonamides is 1. The second-order valence-corrected chi connectivity index (χ2v) is 7.83. The molecule has 0 radical (unpaired) electrons. The highest BCUT2D eigenvalue weighted by Gasteiger charge is 2.23. The van der Waals surface area contributed by atoms with E-state index in [-0.39, 0.29) is 29.0 Å². The Hall–Kier alpha value is -1.97. The lowest BCUT2D eigenvalue weighted by atomic mass is 10.2. The maximum atomic E-state index is 12.6. The molecule has 1 unspecified atom stereocenters. The number of likely N-dealkylation sites (N-methyl/N-ethyl adjacent to an activating group) is 1. The molecule has 0 spiro atoms. The van der Waals surface area contributed by atoms with Crippen molar-refractivity contribution in [3.8, 4) is 0 Å². The summed E-state index contributed by atoms with van der Waals surface area (Å²) in [7, 11) is -2.04. The minimum absolute atomic E-state index is 0.0500. The Kier molecular flexibility index (Phi) is 8.19. The first-order valence-electron chi connectivity index (χ1n) is 8.53. The summed E-state index contributed by atoms with van der Waals surface area (Å²) in [5, 5.41) is 2.52. The van der Waals surface area contributed by atoms with E-state index in [1.54, 1.807) is 27.8 Å². The van der Waals surface area contributed by atoms with Gasteiger partial charge in [0.1, 0.15) is 0 Å². The molecule has 26 heavy (non-hydrogen) atoms. The fourth-order valence-corrected chi connectivity index (χ4v) is 3.80. The van der Waals surface area contributed by atoms with Crippen molar-refractivity contribution in [2.24, 2.45) is 5.73 Å². The van der Waals surface area contributed by atoms with E-state index in [4.69, 9.17) is 5.73 Å². The zero-order chi connectivity index (χ0) is 19.9. The van der Waals surface area contributed by atoms with E-state index in [1.807, 2.05) is 0 Å². The number of rotatable bonds is 9. The van der Waals surface area contributed by atoms with Gasteiger partial charge < -0.3 is 16.0 Å². The zero-order valence-electron chi connectivity index (χ0n) is 15.7. The predicted molar refractivity (Wildman–Crippen MR) is 100 cm³/mol. The first-order chi connectivity index (χ1) is 12.2. The van der Waals surface area contributed by atoms with Gasteiger partial charge in [0.2, 0.25) is 15.9 Å². The molecule has 0 bridgehead atoms. The van der Waals surface area contributed by atoms with Gasteiger partial charge in [0.05, 0.1) is 11.4 Å². The van der Waals surface area contributed by atoms with Crippen LogP contribution in [0.3, 0.4) is 0 Å². The Balaban J connectivity index is 2.88. The number of nitrogens with one attached hydrogen (secondary N) is 1. The molecule has 1 rings (SSSR count). The minimum Gasteiger partial charge on any atom is -0.343 e. The average molecular weight is 385 g/mol. The number of benzene rings is 1. The molecule has 2 amide bonds. The van der Waals surface area contributed by atoms with Crippen LogP contribution in [-0.4, -0.2) is 68.7 Å². The van der Waals surface area contributed by atoms with Crippen LogP contribution in [0.1, 0.15) is 31.1 Å². The lowest BCUT2D eigenvalue weighted by molar-refractivity contribution is -0.130. The summed E-state index contributed by atoms with van der Waals surface area (Å²) in [5.74, 6) is -0.785. The van der Waals surface area contributed by atoms with Crippen molar-refractivity contribution in [2.45, 2.75) is 31.7 Å². The maximum Gasteiger partial charge on any atom is 0.251 e. The van der Waals surface area contributed by atoms with Gasteiger partial charge in [-0.1, -0.05) is 19.9 Å². The summed E-state index contributed by atoms with van der Waals surface area (Å²) < 4.78 is 26.4. The van der Waals surface area contributed by atoms with Crippen molar-refractivity contribution in [3.63, 3.8) is 0 Å². The monoisotopic (exact) mass is 384 g/mol. The first-order valence-corrected chi connectivity index (χ1v) is 9.97. The number of hydrogen-bond acceptors (Lipinski definition) is 5. The van der Waals surface area contributed by atoms with Gasteiger partial charge in [-0.25, -0.2) is 8.42 Å². The third-order valence-corrected chi connectivity index (χ3v) is 6.28. The molecule has 0 aliphatic carbocycles. The van der Waals surface area contributed by atoms with Crippen LogP contribution < -0.4 is 11.1 Å². The number of nitrogens with zero attached hydrogens (tertiary/aromatic N) is 2. The summed E-state index contributed by atoms with van der Waals surface area (Å²) >= 11 is 0. The Morgan fingerprint density at radius 3 is 2.38 bits per heavy atom. The summed E-state index contributed by atoms with van der Waals surface area (Å²) in [4.78, 5) is 25.8. The van der Waals surface area contributed by atoms with E-state index in [1.165, 1.54) is 33.5 Å². The van der Waals surface area contributed by atoms with Crippen LogP contribution >= 0.6 is 0 Å². The average Bonchev–Trinajstić information content (AvgIpc) is 2.65. The number of carbonyl (C=O) groups is 2. The number of nitrogens with two attached hydrogens (primary N) is 1. The van der Waals surface area contributed by atoms with E-state index in [0.717, 1.165) is 0 Å². The molecule has 0 saturated carbocycles. The minimum atomic E-state index is -3.65. The van der Waals surface area contributed by atoms with E-state index >= 15 is 0 Å². The van der Waals surface area contributed by atoms with Crippen molar-refractivity contribution in [3.05, 3.63) is 29.8 Å². The molecule has 146 valence electrons. The van der Waals surface area contributed by atoms with E-state index in [9.17, 15) is 18.0 Å². The second-order valence-electron chi connectivity index (χ2n) is 5.89. The molecule has 8 nitrogen and oxygen atoms in total. The molecular weight excluding hydrogens is 356 g/mol. The molecule has 1 atom stereocenters. The normalized spacial score (nSPS) is 12.7. The highest BCUT2D eigenvalue weighted by molar-refractivity contribution is 7.89. The fourth-order valence-electron chi connectivity index (χ4n) is 2.30. The van der Waals surface area contributed by atoms with Crippen LogP contribution in [0.2, 0.25) is 0 Å². The van der Waals surface area contributed by atoms with Crippen LogP contribution in [-0.2, 0) is 14.8 Å². The standard InChI is InChI=1S/C17H28N4O4S/c1-5-21(6-2)26(24,25)15-9-7-8-14(10-15)17(23)19-12-16(22)20(4)13(3)11-18/h7-10,13H,5-6,11-12,18H2,1-4H3,(H,19,23). The summed E-state index contributed by atoms with van der Waals surface area (Å²) in [5.41, 5.74) is 5.70. The third kappa shape index (κ3) is 5.26. The smallest absolute Gasteiger partial charge is 0.251 e. The van der Waals surface area contributed by atoms with Gasteiger partial charge in [0.25, 0.3) is 5.91 Å². The molecular formula is C17H28N4O4S. The second kappa shape index (κ2) is 9.65. The lowest BCUT2D eigenvalue weighted by Gasteiger charge is -2.23. The third-order valence-electron chi connectivity index (χ3n) is 4.24. The Morgan fingerprint density at radius 1 is 1.23 bits per heavy atom. The Labute approximate surface area is 155 Å². The highest BCUT2D eigenvalue weighted by Crippen LogP contribution is 2.17. The molecule has 0 aliphatic rings. The van der Waals surface area contributed by atoms with Crippen molar-refractivity contribution in [1.82, 2.24) is 14.5 Å². The molecule has 0 heterocycles. The summed E-state index contributed by atoms with van der Waals surface area (Å²) in [6.45, 7) is 6.13. The van der Waals surface area contributed by atoms with Crippen LogP contribution in [0.25, 0.3) is 0 Å². The number of carbonyl (C=O) groups excluding carboxylic acids is 2. The van der Waals surface area contributed by atoms with Gasteiger partial charge in [-0.2, -0.15) is 4.31 Å². The Morgan fingerprint density at radius 2 is 1.85 bits per heavy atom. The SMILES string of the molecule is CCN(CC)S(=O)(=O)c1cccc(C(=O)NCC(=O)N(C)C(C)CN)c1. The van der Waals surface area contributed by atoms with Crippen LogP contribution in [0.5, 0.6) is 0 Å². The first kappa shape index (κ1) is 22.1. The topological polar surface area (TPSA) is 113 Å². The molecule has 0 aromatic heterocycles. The largest absolute Gasteiger partial charge is 0.343 e. The molecule has 0 aliphatic heterocycles. The van der Waals surface area contributed by atoms with E-state index < -0.39 is 15.9 Å². The van der Waals surface area contributed by atoms with Crippen molar-refractivity contribution < 1.29 is 18.0 Å². The number of amides is 2. The van der Waals surface area contributed by atoms with Crippen molar-refractivity contribution >= 4 is 21.8 Å². The predicted octanol–water partition coefficient (Wildman–Crippen LogP) is 0.253. The lowest BCUT2D eigenvalue weighted by Crippen LogP contribution is -2.44. The number of hydrogen-bond donors (Lipinski definition) is 2. The van der Waals surface area contributed by atoms with Gasteiger partial charge in [0.15, 0.2) is 0 Å². The van der Waals surface area contributed by atoms with Gasteiger partial charge in [-0.3, -0.25) is 9.59 Å². The molecule has 0 saturated heterocycles. The molecule has 1 aromatic carbocycles. The highest BCUT2D eigenvalue weighted by atomic mass is 32.2. The van der Waals surface area contributed by atoms with Gasteiger partial charge >= 0.3 is 0 Å². The quantitative estimate of drug-likeness (QED) is 0.634. The van der Waals surface area contributed by atoms with E-state index in [0.29, 0.717) is 19.6 Å². The molecule has 1 aromatic rings. The van der Waals surface area contributed by atoms with Gasteiger partial charge in [0, 0.05) is 38.3 Å². The Bertz CT molecular complexity index is 732. The van der Waals surface area contributed by atoms with Crippen molar-refractivity contribution in [2.75, 3.05) is 33.2 Å². The zero-order valence-corrected chi connectivity index (χ0v) is 16.5. The molecule has 3 N–H and O–H groups in total. The van der Waals surface area contributed by atoms with E-state index in [2.05, 4.69) is 5.32 Å². The maximum absolute atomic E-state index is 12.6. The van der Waals surface area contributed by atoms with Gasteiger partial charge in [-0.05, 0) is 25.1 Å². The molecule has 0 fully saturated rings. The van der Waals surface area contributed by atoms with Gasteiger partial charge in [-0.15, -0.1) is 0 Å². The van der Waals surface area contributed by atoms with Crippen LogP contribution in [0, 0.1) is 0 Å².